The Hall–Kier alpha value is -2.12. The van der Waals surface area contributed by atoms with Crippen molar-refractivity contribution in [2.75, 3.05) is 6.54 Å². The molecule has 1 fully saturated rings. The maximum absolute atomic E-state index is 12.4. The van der Waals surface area contributed by atoms with Gasteiger partial charge >= 0.3 is 6.09 Å². The lowest BCUT2D eigenvalue weighted by atomic mass is 10.0. The number of nitrogens with one attached hydrogen (secondary N) is 1. The van der Waals surface area contributed by atoms with Crippen LogP contribution in [-0.4, -0.2) is 57.1 Å². The van der Waals surface area contributed by atoms with E-state index in [0.29, 0.717) is 0 Å². The van der Waals surface area contributed by atoms with Crippen molar-refractivity contribution in [3.8, 4) is 0 Å². The number of carbonyl (C=O) groups is 2. The fourth-order valence-electron chi connectivity index (χ4n) is 2.40. The Bertz CT molecular complexity index is 507. The van der Waals surface area contributed by atoms with E-state index in [0.717, 1.165) is 10.5 Å². The van der Waals surface area contributed by atoms with E-state index in [1.807, 2.05) is 6.07 Å². The Morgan fingerprint density at radius 2 is 1.95 bits per heavy atom. The molecule has 4 N–H and O–H groups in total. The lowest BCUT2D eigenvalue weighted by Crippen LogP contribution is -2.51. The van der Waals surface area contributed by atoms with Crippen LogP contribution in [0.1, 0.15) is 12.0 Å². The molecule has 0 aromatic heterocycles. The average Bonchev–Trinajstić information content (AvgIpc) is 2.78. The molecule has 1 heterocycles. The van der Waals surface area contributed by atoms with E-state index in [9.17, 15) is 19.8 Å². The summed E-state index contributed by atoms with van der Waals surface area (Å²) in [5, 5.41) is 30.3. The van der Waals surface area contributed by atoms with Gasteiger partial charge in [0.15, 0.2) is 6.23 Å². The maximum Gasteiger partial charge on any atom is 0.405 e. The van der Waals surface area contributed by atoms with Crippen molar-refractivity contribution in [3.63, 3.8) is 0 Å². The third-order valence-electron chi connectivity index (χ3n) is 3.49. The molecule has 1 aromatic carbocycles. The number of nitrogens with zero attached hydrogens (tertiary/aromatic N) is 1. The van der Waals surface area contributed by atoms with Crippen molar-refractivity contribution in [2.45, 2.75) is 31.2 Å². The van der Waals surface area contributed by atoms with Gasteiger partial charge in [-0.2, -0.15) is 0 Å². The first-order valence-corrected chi connectivity index (χ1v) is 6.69. The number of benzene rings is 1. The van der Waals surface area contributed by atoms with Gasteiger partial charge in [0.1, 0.15) is 12.1 Å². The topological polar surface area (TPSA) is 110 Å². The highest BCUT2D eigenvalue weighted by Gasteiger charge is 2.37. The summed E-state index contributed by atoms with van der Waals surface area (Å²) >= 11 is 0. The van der Waals surface area contributed by atoms with E-state index in [1.54, 1.807) is 24.3 Å². The molecule has 7 heteroatoms. The van der Waals surface area contributed by atoms with Crippen molar-refractivity contribution in [3.05, 3.63) is 35.9 Å². The zero-order chi connectivity index (χ0) is 15.4. The van der Waals surface area contributed by atoms with Crippen LogP contribution in [0.25, 0.3) is 0 Å². The normalized spacial score (nSPS) is 22.9. The highest BCUT2D eigenvalue weighted by molar-refractivity contribution is 5.86. The Labute approximate surface area is 121 Å². The van der Waals surface area contributed by atoms with E-state index < -0.39 is 30.4 Å². The number of hydrogen-bond acceptors (Lipinski definition) is 4. The molecule has 0 aliphatic carbocycles. The van der Waals surface area contributed by atoms with Crippen LogP contribution in [0.15, 0.2) is 30.3 Å². The fourth-order valence-corrected chi connectivity index (χ4v) is 2.40. The number of aliphatic hydroxyl groups excluding tert-OH is 2. The first-order chi connectivity index (χ1) is 9.99. The van der Waals surface area contributed by atoms with Crippen molar-refractivity contribution in [1.82, 2.24) is 10.2 Å². The van der Waals surface area contributed by atoms with E-state index in [1.165, 1.54) is 0 Å². The van der Waals surface area contributed by atoms with Crippen molar-refractivity contribution < 1.29 is 24.9 Å². The smallest absolute Gasteiger partial charge is 0.405 e. The van der Waals surface area contributed by atoms with Gasteiger partial charge in [-0.05, 0) is 12.0 Å². The second-order valence-corrected chi connectivity index (χ2v) is 4.99. The van der Waals surface area contributed by atoms with Crippen LogP contribution < -0.4 is 5.32 Å². The first-order valence-electron chi connectivity index (χ1n) is 6.69. The van der Waals surface area contributed by atoms with Gasteiger partial charge in [0.2, 0.25) is 5.91 Å². The number of aliphatic hydroxyl groups is 2. The van der Waals surface area contributed by atoms with Gasteiger partial charge < -0.3 is 25.5 Å². The minimum atomic E-state index is -1.31. The number of hydrogen-bond donors (Lipinski definition) is 4. The lowest BCUT2D eigenvalue weighted by Gasteiger charge is -2.26. The number of carboxylic acid groups (broad SMARTS) is 1. The first kappa shape index (κ1) is 15.3. The molecular formula is C14H18N2O5. The third kappa shape index (κ3) is 3.71. The Morgan fingerprint density at radius 3 is 2.48 bits per heavy atom. The summed E-state index contributed by atoms with van der Waals surface area (Å²) < 4.78 is 0. The van der Waals surface area contributed by atoms with Crippen molar-refractivity contribution in [2.24, 2.45) is 0 Å². The van der Waals surface area contributed by atoms with Gasteiger partial charge in [-0.3, -0.25) is 4.79 Å². The molecule has 1 aromatic rings. The molecule has 0 saturated carbocycles. The summed E-state index contributed by atoms with van der Waals surface area (Å²) in [5.74, 6) is -0.537. The zero-order valence-electron chi connectivity index (χ0n) is 11.3. The van der Waals surface area contributed by atoms with Crippen LogP contribution in [0.3, 0.4) is 0 Å². The van der Waals surface area contributed by atoms with Gasteiger partial charge in [-0.1, -0.05) is 30.3 Å². The molecular weight excluding hydrogens is 276 g/mol. The summed E-state index contributed by atoms with van der Waals surface area (Å²) in [4.78, 5) is 24.3. The summed E-state index contributed by atoms with van der Waals surface area (Å²) in [6.07, 6.45) is -3.12. The second-order valence-electron chi connectivity index (χ2n) is 4.99. The standard InChI is InChI=1S/C14H18N2O5/c17-11-6-7-16(13(11)19)12(18)10(15-14(20)21)8-9-4-2-1-3-5-9/h1-5,10-11,13,15,17,19H,6-8H2,(H,20,21)/t10-,11+,13?/m0/s1. The van der Waals surface area contributed by atoms with Gasteiger partial charge in [-0.15, -0.1) is 0 Å². The summed E-state index contributed by atoms with van der Waals surface area (Å²) in [5.41, 5.74) is 0.804. The van der Waals surface area contributed by atoms with Crippen LogP contribution in [0.5, 0.6) is 0 Å². The second kappa shape index (κ2) is 6.55. The van der Waals surface area contributed by atoms with Crippen LogP contribution in [0.2, 0.25) is 0 Å². The Balaban J connectivity index is 2.12. The molecule has 3 atom stereocenters. The van der Waals surface area contributed by atoms with Crippen molar-refractivity contribution in [1.29, 1.82) is 0 Å². The number of amides is 2. The predicted molar refractivity (Wildman–Crippen MR) is 73.4 cm³/mol. The summed E-state index contributed by atoms with van der Waals surface area (Å²) in [6.45, 7) is 0.202. The van der Waals surface area contributed by atoms with Gasteiger partial charge in [0, 0.05) is 13.0 Å². The van der Waals surface area contributed by atoms with Crippen LogP contribution in [-0.2, 0) is 11.2 Å². The number of rotatable bonds is 4. The molecule has 1 unspecified atom stereocenters. The molecule has 1 saturated heterocycles. The number of carbonyl (C=O) groups excluding carboxylic acids is 1. The molecule has 0 spiro atoms. The molecule has 7 nitrogen and oxygen atoms in total. The van der Waals surface area contributed by atoms with Crippen LogP contribution in [0.4, 0.5) is 4.79 Å². The number of likely N-dealkylation sites (tertiary alicyclic amines) is 1. The predicted octanol–water partition coefficient (Wildman–Crippen LogP) is -0.223. The van der Waals surface area contributed by atoms with E-state index in [4.69, 9.17) is 5.11 Å². The highest BCUT2D eigenvalue weighted by Crippen LogP contribution is 2.18. The lowest BCUT2D eigenvalue weighted by molar-refractivity contribution is -0.143. The minimum absolute atomic E-state index is 0.186. The Kier molecular flexibility index (Phi) is 4.77. The largest absolute Gasteiger partial charge is 0.465 e. The van der Waals surface area contributed by atoms with Gasteiger partial charge in [-0.25, -0.2) is 4.79 Å². The maximum atomic E-state index is 12.4. The third-order valence-corrected chi connectivity index (χ3v) is 3.49. The monoisotopic (exact) mass is 294 g/mol. The highest BCUT2D eigenvalue weighted by atomic mass is 16.4. The molecule has 2 rings (SSSR count). The molecule has 2 amide bonds. The van der Waals surface area contributed by atoms with Crippen molar-refractivity contribution >= 4 is 12.0 Å². The van der Waals surface area contributed by atoms with Gasteiger partial charge in [0.05, 0.1) is 0 Å². The molecule has 114 valence electrons. The van der Waals surface area contributed by atoms with E-state index in [2.05, 4.69) is 5.32 Å². The Morgan fingerprint density at radius 1 is 1.29 bits per heavy atom. The minimum Gasteiger partial charge on any atom is -0.465 e. The van der Waals surface area contributed by atoms with Crippen LogP contribution >= 0.6 is 0 Å². The molecule has 0 bridgehead atoms. The van der Waals surface area contributed by atoms with E-state index in [-0.39, 0.29) is 19.4 Å². The summed E-state index contributed by atoms with van der Waals surface area (Å²) in [6, 6.07) is 8.01. The average molecular weight is 294 g/mol. The fraction of sp³-hybridized carbons (Fsp3) is 0.429. The molecule has 1 aliphatic rings. The zero-order valence-corrected chi connectivity index (χ0v) is 11.3. The molecule has 1 aliphatic heterocycles. The summed E-state index contributed by atoms with van der Waals surface area (Å²) in [7, 11) is 0. The SMILES string of the molecule is O=C(O)N[C@@H](Cc1ccccc1)C(=O)N1CC[C@@H](O)C1O. The van der Waals surface area contributed by atoms with Crippen LogP contribution in [0, 0.1) is 0 Å². The molecule has 0 radical (unpaired) electrons. The van der Waals surface area contributed by atoms with E-state index >= 15 is 0 Å². The quantitative estimate of drug-likeness (QED) is 0.613. The van der Waals surface area contributed by atoms with Gasteiger partial charge in [0.25, 0.3) is 0 Å². The molecule has 21 heavy (non-hydrogen) atoms.